The number of ether oxygens (including phenoxy) is 1. The van der Waals surface area contributed by atoms with Crippen LogP contribution in [0.15, 0.2) is 91.1 Å². The van der Waals surface area contributed by atoms with Gasteiger partial charge in [-0.1, -0.05) is 75.2 Å². The molecule has 0 aliphatic carbocycles. The molecule has 3 aromatic heterocycles. The SMILES string of the molecule is CCc1cc(Oc2[c-]c3c(cc2)c2cc(CCC(C)C)ccc2n3-c2cc(C)ccn2)[c-]c(-n2nc(C)c(-c3ccccc3)c2C)c1.[Pt+2]. The van der Waals surface area contributed by atoms with Crippen molar-refractivity contribution in [3.8, 4) is 34.1 Å². The molecule has 0 aliphatic rings. The predicted molar refractivity (Wildman–Crippen MR) is 192 cm³/mol. The number of benzene rings is 4. The first kappa shape index (κ1) is 33.4. The van der Waals surface area contributed by atoms with Crippen molar-refractivity contribution < 1.29 is 25.8 Å². The number of fused-ring (bicyclic) bond motifs is 3. The summed E-state index contributed by atoms with van der Waals surface area (Å²) in [5.74, 6) is 2.79. The fraction of sp³-hybridized carbons (Fsp3) is 0.238. The Morgan fingerprint density at radius 1 is 0.812 bits per heavy atom. The third kappa shape index (κ3) is 6.49. The Labute approximate surface area is 297 Å². The maximum absolute atomic E-state index is 6.57. The summed E-state index contributed by atoms with van der Waals surface area (Å²) in [4.78, 5) is 4.77. The van der Waals surface area contributed by atoms with E-state index in [1.54, 1.807) is 0 Å². The molecule has 7 rings (SSSR count). The summed E-state index contributed by atoms with van der Waals surface area (Å²) < 4.78 is 10.8. The molecule has 0 saturated carbocycles. The van der Waals surface area contributed by atoms with Gasteiger partial charge in [0.25, 0.3) is 0 Å². The Balaban J connectivity index is 0.00000401. The van der Waals surface area contributed by atoms with Gasteiger partial charge in [-0.15, -0.1) is 35.7 Å². The number of hydrogen-bond acceptors (Lipinski definition) is 3. The molecule has 244 valence electrons. The van der Waals surface area contributed by atoms with Gasteiger partial charge in [0.2, 0.25) is 0 Å². The number of nitrogens with zero attached hydrogens (tertiary/aromatic N) is 4. The second-order valence-electron chi connectivity index (χ2n) is 12.9. The summed E-state index contributed by atoms with van der Waals surface area (Å²) >= 11 is 0. The van der Waals surface area contributed by atoms with Crippen molar-refractivity contribution in [2.45, 2.75) is 60.8 Å². The fourth-order valence-electron chi connectivity index (χ4n) is 6.50. The first-order valence-corrected chi connectivity index (χ1v) is 16.6. The van der Waals surface area contributed by atoms with Crippen molar-refractivity contribution in [1.29, 1.82) is 0 Å². The van der Waals surface area contributed by atoms with Gasteiger partial charge in [-0.05, 0) is 85.5 Å². The third-order valence-corrected chi connectivity index (χ3v) is 8.95. The number of pyridine rings is 1. The zero-order valence-corrected chi connectivity index (χ0v) is 30.6. The summed E-state index contributed by atoms with van der Waals surface area (Å²) in [6.07, 6.45) is 4.95. The van der Waals surface area contributed by atoms with Gasteiger partial charge in [0, 0.05) is 34.5 Å². The second-order valence-corrected chi connectivity index (χ2v) is 12.9. The zero-order valence-electron chi connectivity index (χ0n) is 28.4. The molecule has 48 heavy (non-hydrogen) atoms. The van der Waals surface area contributed by atoms with Crippen LogP contribution in [0.2, 0.25) is 0 Å². The maximum Gasteiger partial charge on any atom is 2.00 e. The van der Waals surface area contributed by atoms with Crippen LogP contribution < -0.4 is 4.74 Å². The van der Waals surface area contributed by atoms with Crippen molar-refractivity contribution >= 4 is 21.8 Å². The fourth-order valence-corrected chi connectivity index (χ4v) is 6.50. The van der Waals surface area contributed by atoms with E-state index >= 15 is 0 Å². The molecule has 0 N–H and O–H groups in total. The van der Waals surface area contributed by atoms with Crippen molar-refractivity contribution in [2.75, 3.05) is 0 Å². The number of hydrogen-bond donors (Lipinski definition) is 0. The summed E-state index contributed by atoms with van der Waals surface area (Å²) in [6.45, 7) is 13.0. The molecule has 6 heteroatoms. The average Bonchev–Trinajstić information content (AvgIpc) is 3.56. The Kier molecular flexibility index (Phi) is 9.71. The van der Waals surface area contributed by atoms with Crippen LogP contribution in [0, 0.1) is 38.8 Å². The molecule has 0 amide bonds. The Morgan fingerprint density at radius 2 is 1.62 bits per heavy atom. The van der Waals surface area contributed by atoms with E-state index in [1.807, 2.05) is 29.1 Å². The first-order chi connectivity index (χ1) is 22.8. The number of rotatable bonds is 9. The van der Waals surface area contributed by atoms with Gasteiger partial charge in [0.15, 0.2) is 0 Å². The molecule has 4 aromatic carbocycles. The van der Waals surface area contributed by atoms with Crippen molar-refractivity contribution in [2.24, 2.45) is 5.92 Å². The molecule has 0 fully saturated rings. The molecule has 0 radical (unpaired) electrons. The molecule has 0 unspecified atom stereocenters. The maximum atomic E-state index is 6.57. The topological polar surface area (TPSA) is 44.9 Å². The summed E-state index contributed by atoms with van der Waals surface area (Å²) in [6, 6.07) is 36.9. The van der Waals surface area contributed by atoms with Gasteiger partial charge in [0.05, 0.1) is 5.69 Å². The molecule has 3 heterocycles. The standard InChI is InChI=1S/C42H40N4O.Pt/c1-7-31-22-34(46-30(6)42(29(5)44-46)33-11-9-8-10-12-33)25-36(23-31)47-35-16-17-37-38-24-32(14-13-27(2)3)15-18-39(38)45(40(37)26-35)41-21-28(4)19-20-43-41;/h8-12,15-24,27H,7,13-14H2,1-6H3;/q-2;+2. The van der Waals surface area contributed by atoms with Crippen LogP contribution in [-0.4, -0.2) is 19.3 Å². The van der Waals surface area contributed by atoms with E-state index in [1.165, 1.54) is 10.9 Å². The molecular weight excluding hydrogens is 772 g/mol. The van der Waals surface area contributed by atoms with E-state index in [0.717, 1.165) is 80.8 Å². The van der Waals surface area contributed by atoms with Gasteiger partial charge >= 0.3 is 21.1 Å². The molecule has 7 aromatic rings. The Morgan fingerprint density at radius 3 is 2.38 bits per heavy atom. The predicted octanol–water partition coefficient (Wildman–Crippen LogP) is 10.5. The molecule has 0 aliphatic heterocycles. The van der Waals surface area contributed by atoms with Crippen LogP contribution in [0.5, 0.6) is 11.5 Å². The van der Waals surface area contributed by atoms with Gasteiger partial charge in [-0.3, -0.25) is 4.68 Å². The van der Waals surface area contributed by atoms with Crippen LogP contribution in [0.4, 0.5) is 0 Å². The van der Waals surface area contributed by atoms with E-state index in [2.05, 4.69) is 125 Å². The smallest absolute Gasteiger partial charge is 0.509 e. The first-order valence-electron chi connectivity index (χ1n) is 16.6. The molecule has 0 saturated heterocycles. The normalized spacial score (nSPS) is 11.4. The van der Waals surface area contributed by atoms with E-state index in [-0.39, 0.29) is 21.1 Å². The Bertz CT molecular complexity index is 2230. The van der Waals surface area contributed by atoms with Gasteiger partial charge in [-0.2, -0.15) is 16.7 Å². The van der Waals surface area contributed by atoms with Crippen LogP contribution in [0.25, 0.3) is 44.4 Å². The van der Waals surface area contributed by atoms with Crippen LogP contribution in [0.1, 0.15) is 55.3 Å². The summed E-state index contributed by atoms with van der Waals surface area (Å²) in [7, 11) is 0. The minimum absolute atomic E-state index is 0. The monoisotopic (exact) mass is 811 g/mol. The van der Waals surface area contributed by atoms with Crippen molar-refractivity contribution in [3.05, 3.63) is 131 Å². The molecular formula is C42H40N4OPt. The Hall–Kier alpha value is -4.47. The van der Waals surface area contributed by atoms with Gasteiger partial charge in [0.1, 0.15) is 5.82 Å². The van der Waals surface area contributed by atoms with Crippen LogP contribution >= 0.6 is 0 Å². The molecule has 0 atom stereocenters. The van der Waals surface area contributed by atoms with Gasteiger partial charge in [-0.25, -0.2) is 4.98 Å². The quantitative estimate of drug-likeness (QED) is 0.136. The van der Waals surface area contributed by atoms with Gasteiger partial charge < -0.3 is 9.30 Å². The summed E-state index contributed by atoms with van der Waals surface area (Å²) in [5, 5.41) is 7.27. The minimum atomic E-state index is 0. The van der Waals surface area contributed by atoms with Crippen LogP contribution in [-0.2, 0) is 33.9 Å². The summed E-state index contributed by atoms with van der Waals surface area (Å²) in [5.41, 5.74) is 10.9. The molecule has 0 bridgehead atoms. The molecule has 0 spiro atoms. The number of aromatic nitrogens is 4. The van der Waals surface area contributed by atoms with E-state index < -0.39 is 0 Å². The average molecular weight is 812 g/mol. The van der Waals surface area contributed by atoms with Crippen LogP contribution in [0.3, 0.4) is 0 Å². The minimum Gasteiger partial charge on any atom is -0.509 e. The number of aryl methyl sites for hydroxylation is 4. The second kappa shape index (κ2) is 13.9. The van der Waals surface area contributed by atoms with Crippen molar-refractivity contribution in [3.63, 3.8) is 0 Å². The van der Waals surface area contributed by atoms with E-state index in [9.17, 15) is 0 Å². The largest absolute Gasteiger partial charge is 2.00 e. The zero-order chi connectivity index (χ0) is 32.7. The molecule has 5 nitrogen and oxygen atoms in total. The van der Waals surface area contributed by atoms with Crippen molar-refractivity contribution in [1.82, 2.24) is 19.3 Å². The van der Waals surface area contributed by atoms with E-state index in [4.69, 9.17) is 14.8 Å². The third-order valence-electron chi connectivity index (χ3n) is 8.95. The van der Waals surface area contributed by atoms with E-state index in [0.29, 0.717) is 17.4 Å².